The summed E-state index contributed by atoms with van der Waals surface area (Å²) in [6.07, 6.45) is -3.37. The molecule has 1 saturated heterocycles. The first-order chi connectivity index (χ1) is 8.59. The first kappa shape index (κ1) is 16.3. The first-order valence-corrected chi connectivity index (χ1v) is 6.61. The van der Waals surface area contributed by atoms with Gasteiger partial charge in [-0.25, -0.2) is 0 Å². The predicted molar refractivity (Wildman–Crippen MR) is 65.6 cm³/mol. The Bertz CT molecular complexity index is 310. The van der Waals surface area contributed by atoms with Crippen LogP contribution in [0.15, 0.2) is 0 Å². The molecular formula is C13H22F3NO2. The van der Waals surface area contributed by atoms with Crippen molar-refractivity contribution in [3.8, 4) is 0 Å². The van der Waals surface area contributed by atoms with Gasteiger partial charge in [-0.15, -0.1) is 0 Å². The van der Waals surface area contributed by atoms with Crippen molar-refractivity contribution >= 4 is 5.97 Å². The molecule has 3 nitrogen and oxygen atoms in total. The van der Waals surface area contributed by atoms with Gasteiger partial charge in [-0.05, 0) is 46.6 Å². The first-order valence-electron chi connectivity index (χ1n) is 6.61. The molecule has 0 bridgehead atoms. The van der Waals surface area contributed by atoms with E-state index in [2.05, 4.69) is 5.32 Å². The monoisotopic (exact) mass is 281 g/mol. The van der Waals surface area contributed by atoms with Gasteiger partial charge >= 0.3 is 12.1 Å². The molecule has 0 saturated carbocycles. The number of carbonyl (C=O) groups is 1. The third kappa shape index (κ3) is 5.80. The minimum atomic E-state index is -4.20. The summed E-state index contributed by atoms with van der Waals surface area (Å²) in [7, 11) is 0. The molecule has 1 unspecified atom stereocenters. The van der Waals surface area contributed by atoms with Crippen LogP contribution in [0.2, 0.25) is 0 Å². The molecule has 0 aromatic heterocycles. The quantitative estimate of drug-likeness (QED) is 0.808. The second kappa shape index (κ2) is 6.11. The van der Waals surface area contributed by atoms with Gasteiger partial charge in [0.1, 0.15) is 5.60 Å². The van der Waals surface area contributed by atoms with Gasteiger partial charge in [0.15, 0.2) is 0 Å². The number of carbonyl (C=O) groups excluding carboxylic acids is 1. The Morgan fingerprint density at radius 2 is 1.95 bits per heavy atom. The summed E-state index contributed by atoms with van der Waals surface area (Å²) in [4.78, 5) is 11.5. The maximum Gasteiger partial charge on any atom is 0.393 e. The molecule has 0 aliphatic carbocycles. The average Bonchev–Trinajstić information content (AvgIpc) is 2.23. The molecule has 1 N–H and O–H groups in total. The minimum Gasteiger partial charge on any atom is -0.460 e. The van der Waals surface area contributed by atoms with Crippen molar-refractivity contribution in [3.05, 3.63) is 0 Å². The second-order valence-electron chi connectivity index (χ2n) is 5.98. The summed E-state index contributed by atoms with van der Waals surface area (Å²) in [6.45, 7) is 5.79. The van der Waals surface area contributed by atoms with Crippen LogP contribution >= 0.6 is 0 Å². The van der Waals surface area contributed by atoms with E-state index in [1.165, 1.54) is 0 Å². The number of piperidine rings is 1. The van der Waals surface area contributed by atoms with E-state index in [0.717, 1.165) is 0 Å². The van der Waals surface area contributed by atoms with Crippen LogP contribution in [0.3, 0.4) is 0 Å². The maximum absolute atomic E-state index is 12.8. The molecule has 1 heterocycles. The number of hydrogen-bond acceptors (Lipinski definition) is 3. The number of halogens is 3. The predicted octanol–water partition coefficient (Wildman–Crippen LogP) is 3.04. The van der Waals surface area contributed by atoms with E-state index in [0.29, 0.717) is 13.0 Å². The van der Waals surface area contributed by atoms with Gasteiger partial charge in [-0.3, -0.25) is 4.79 Å². The smallest absolute Gasteiger partial charge is 0.393 e. The van der Waals surface area contributed by atoms with Crippen molar-refractivity contribution in [2.45, 2.75) is 64.3 Å². The number of alkyl halides is 3. The van der Waals surface area contributed by atoms with Gasteiger partial charge in [0, 0.05) is 12.5 Å². The molecule has 6 heteroatoms. The standard InChI is InChI=1S/C13H22F3NO2/c1-12(2,3)19-11(18)7-6-10-9(13(14,15)16)5-4-8-17-10/h9-10,17H,4-8H2,1-3H3/t9-,10?/m1/s1. The van der Waals surface area contributed by atoms with Crippen LogP contribution in [0.4, 0.5) is 13.2 Å². The van der Waals surface area contributed by atoms with Crippen molar-refractivity contribution in [3.63, 3.8) is 0 Å². The highest BCUT2D eigenvalue weighted by molar-refractivity contribution is 5.69. The molecule has 112 valence electrons. The highest BCUT2D eigenvalue weighted by Crippen LogP contribution is 2.35. The molecular weight excluding hydrogens is 259 g/mol. The van der Waals surface area contributed by atoms with E-state index in [1.807, 2.05) is 0 Å². The van der Waals surface area contributed by atoms with E-state index in [4.69, 9.17) is 4.74 Å². The van der Waals surface area contributed by atoms with Crippen molar-refractivity contribution in [1.29, 1.82) is 0 Å². The zero-order chi connectivity index (χ0) is 14.7. The van der Waals surface area contributed by atoms with Gasteiger partial charge < -0.3 is 10.1 Å². The molecule has 0 spiro atoms. The number of hydrogen-bond donors (Lipinski definition) is 1. The topological polar surface area (TPSA) is 38.3 Å². The van der Waals surface area contributed by atoms with Crippen LogP contribution < -0.4 is 5.32 Å². The van der Waals surface area contributed by atoms with Crippen LogP contribution in [0.5, 0.6) is 0 Å². The minimum absolute atomic E-state index is 0.0154. The van der Waals surface area contributed by atoms with E-state index < -0.39 is 29.7 Å². The fourth-order valence-corrected chi connectivity index (χ4v) is 2.31. The Labute approximate surface area is 111 Å². The normalized spacial score (nSPS) is 25.2. The molecule has 1 aliphatic rings. The van der Waals surface area contributed by atoms with Crippen LogP contribution in [-0.2, 0) is 9.53 Å². The van der Waals surface area contributed by atoms with Crippen molar-refractivity contribution in [2.24, 2.45) is 5.92 Å². The largest absolute Gasteiger partial charge is 0.460 e. The van der Waals surface area contributed by atoms with Crippen LogP contribution in [0.25, 0.3) is 0 Å². The summed E-state index contributed by atoms with van der Waals surface area (Å²) in [6, 6.07) is -0.679. The van der Waals surface area contributed by atoms with Crippen molar-refractivity contribution < 1.29 is 22.7 Å². The van der Waals surface area contributed by atoms with E-state index in [-0.39, 0.29) is 19.3 Å². The molecule has 0 aromatic carbocycles. The zero-order valence-electron chi connectivity index (χ0n) is 11.6. The Hall–Kier alpha value is -0.780. The Kier molecular flexibility index (Phi) is 5.24. The number of rotatable bonds is 3. The fourth-order valence-electron chi connectivity index (χ4n) is 2.31. The third-order valence-electron chi connectivity index (χ3n) is 3.08. The maximum atomic E-state index is 12.8. The van der Waals surface area contributed by atoms with Crippen LogP contribution in [-0.4, -0.2) is 30.3 Å². The Balaban J connectivity index is 2.48. The lowest BCUT2D eigenvalue weighted by molar-refractivity contribution is -0.189. The van der Waals surface area contributed by atoms with Crippen LogP contribution in [0.1, 0.15) is 46.5 Å². The second-order valence-corrected chi connectivity index (χ2v) is 5.98. The Morgan fingerprint density at radius 3 is 2.47 bits per heavy atom. The van der Waals surface area contributed by atoms with Gasteiger partial charge in [0.05, 0.1) is 5.92 Å². The molecule has 1 aliphatic heterocycles. The summed E-state index contributed by atoms with van der Waals surface area (Å²) in [5.41, 5.74) is -0.597. The van der Waals surface area contributed by atoms with Gasteiger partial charge in [0.25, 0.3) is 0 Å². The van der Waals surface area contributed by atoms with Gasteiger partial charge in [-0.1, -0.05) is 0 Å². The lowest BCUT2D eigenvalue weighted by atomic mass is 9.87. The van der Waals surface area contributed by atoms with Crippen molar-refractivity contribution in [1.82, 2.24) is 5.32 Å². The lowest BCUT2D eigenvalue weighted by Crippen LogP contribution is -2.47. The molecule has 0 radical (unpaired) electrons. The average molecular weight is 281 g/mol. The molecule has 0 amide bonds. The van der Waals surface area contributed by atoms with E-state index >= 15 is 0 Å². The summed E-state index contributed by atoms with van der Waals surface area (Å²) < 4.78 is 43.6. The van der Waals surface area contributed by atoms with E-state index in [1.54, 1.807) is 20.8 Å². The molecule has 2 atom stereocenters. The van der Waals surface area contributed by atoms with Gasteiger partial charge in [0.2, 0.25) is 0 Å². The number of nitrogens with one attached hydrogen (secondary N) is 1. The third-order valence-corrected chi connectivity index (χ3v) is 3.08. The highest BCUT2D eigenvalue weighted by Gasteiger charge is 2.45. The van der Waals surface area contributed by atoms with E-state index in [9.17, 15) is 18.0 Å². The van der Waals surface area contributed by atoms with Crippen molar-refractivity contribution in [2.75, 3.05) is 6.54 Å². The molecule has 0 aromatic rings. The lowest BCUT2D eigenvalue weighted by Gasteiger charge is -2.34. The number of ether oxygens (including phenoxy) is 1. The number of esters is 1. The molecule has 1 fully saturated rings. The van der Waals surface area contributed by atoms with Crippen LogP contribution in [0, 0.1) is 5.92 Å². The highest BCUT2D eigenvalue weighted by atomic mass is 19.4. The molecule has 1 rings (SSSR count). The van der Waals surface area contributed by atoms with Gasteiger partial charge in [-0.2, -0.15) is 13.2 Å². The summed E-state index contributed by atoms with van der Waals surface area (Å²) in [5.74, 6) is -1.80. The SMILES string of the molecule is CC(C)(C)OC(=O)CCC1NCCC[C@H]1C(F)(F)F. The summed E-state index contributed by atoms with van der Waals surface area (Å²) in [5, 5.41) is 2.87. The molecule has 19 heavy (non-hydrogen) atoms. The Morgan fingerprint density at radius 1 is 1.32 bits per heavy atom. The zero-order valence-corrected chi connectivity index (χ0v) is 11.6. The summed E-state index contributed by atoms with van der Waals surface area (Å²) >= 11 is 0. The fraction of sp³-hybridized carbons (Fsp3) is 0.923.